The first-order valence-electron chi connectivity index (χ1n) is 10.5. The van der Waals surface area contributed by atoms with Crippen LogP contribution in [0, 0.1) is 5.92 Å². The van der Waals surface area contributed by atoms with Crippen LogP contribution in [-0.4, -0.2) is 28.7 Å². The number of ether oxygens (including phenoxy) is 1. The monoisotopic (exact) mass is 377 g/mol. The van der Waals surface area contributed by atoms with Gasteiger partial charge in [0.15, 0.2) is 0 Å². The molecule has 2 aromatic rings. The molecule has 1 saturated heterocycles. The van der Waals surface area contributed by atoms with Crippen molar-refractivity contribution < 1.29 is 14.6 Å². The Balaban J connectivity index is 1.42. The van der Waals surface area contributed by atoms with Crippen LogP contribution in [0.5, 0.6) is 5.75 Å². The molecule has 2 aliphatic carbocycles. The molecule has 1 heterocycles. The summed E-state index contributed by atoms with van der Waals surface area (Å²) in [5, 5.41) is 10.1. The fraction of sp³-hybridized carbons (Fsp3) is 0.458. The van der Waals surface area contributed by atoms with Crippen LogP contribution in [-0.2, 0) is 23.2 Å². The summed E-state index contributed by atoms with van der Waals surface area (Å²) in [4.78, 5) is 15.0. The van der Waals surface area contributed by atoms with E-state index in [4.69, 9.17) is 4.74 Å². The minimum absolute atomic E-state index is 0.117. The molecule has 5 rings (SSSR count). The standard InChI is InChI=1S/C24H27NO3/c26-19-10-9-18-14-22-20-8-4-5-11-24(20,21(18)15-19)12-13-25(22)23(27)28-16-17-6-2-1-3-7-17/h1-3,6-7,9-10,15,20,22,26H,4-5,8,11-14,16H2/t20-,22-,24+/m1/s1. The maximum atomic E-state index is 13.0. The Morgan fingerprint density at radius 2 is 2.00 bits per heavy atom. The molecule has 1 aliphatic heterocycles. The fourth-order valence-corrected chi connectivity index (χ4v) is 6.02. The van der Waals surface area contributed by atoms with Gasteiger partial charge in [-0.1, -0.05) is 49.2 Å². The highest BCUT2D eigenvalue weighted by atomic mass is 16.6. The van der Waals surface area contributed by atoms with E-state index in [1.54, 1.807) is 6.07 Å². The Morgan fingerprint density at radius 3 is 2.86 bits per heavy atom. The van der Waals surface area contributed by atoms with Crippen molar-refractivity contribution in [3.05, 3.63) is 65.2 Å². The van der Waals surface area contributed by atoms with Crippen LogP contribution in [0.2, 0.25) is 0 Å². The van der Waals surface area contributed by atoms with Crippen molar-refractivity contribution in [2.75, 3.05) is 6.54 Å². The van der Waals surface area contributed by atoms with E-state index in [-0.39, 0.29) is 17.6 Å². The molecule has 4 nitrogen and oxygen atoms in total. The molecule has 3 atom stereocenters. The second-order valence-electron chi connectivity index (χ2n) is 8.60. The minimum atomic E-state index is -0.185. The van der Waals surface area contributed by atoms with E-state index in [1.165, 1.54) is 24.0 Å². The molecule has 2 fully saturated rings. The van der Waals surface area contributed by atoms with Gasteiger partial charge in [0.25, 0.3) is 0 Å². The lowest BCUT2D eigenvalue weighted by atomic mass is 9.52. The minimum Gasteiger partial charge on any atom is -0.508 e. The van der Waals surface area contributed by atoms with Gasteiger partial charge in [0.2, 0.25) is 0 Å². The van der Waals surface area contributed by atoms with Crippen molar-refractivity contribution in [1.29, 1.82) is 0 Å². The van der Waals surface area contributed by atoms with Crippen molar-refractivity contribution in [3.8, 4) is 5.75 Å². The van der Waals surface area contributed by atoms with Crippen LogP contribution in [0.15, 0.2) is 48.5 Å². The summed E-state index contributed by atoms with van der Waals surface area (Å²) in [6, 6.07) is 15.9. The zero-order chi connectivity index (χ0) is 19.1. The first kappa shape index (κ1) is 17.6. The average Bonchev–Trinajstić information content (AvgIpc) is 2.73. The van der Waals surface area contributed by atoms with Gasteiger partial charge in [-0.25, -0.2) is 4.79 Å². The Morgan fingerprint density at radius 1 is 1.14 bits per heavy atom. The fourth-order valence-electron chi connectivity index (χ4n) is 6.02. The Bertz CT molecular complexity index is 881. The molecule has 0 radical (unpaired) electrons. The number of nitrogens with zero attached hydrogens (tertiary/aromatic N) is 1. The smallest absolute Gasteiger partial charge is 0.410 e. The number of hydrogen-bond donors (Lipinski definition) is 1. The predicted octanol–water partition coefficient (Wildman–Crippen LogP) is 4.79. The van der Waals surface area contributed by atoms with Gasteiger partial charge in [0.05, 0.1) is 0 Å². The van der Waals surface area contributed by atoms with Crippen LogP contribution >= 0.6 is 0 Å². The normalized spacial score (nSPS) is 28.2. The predicted molar refractivity (Wildman–Crippen MR) is 107 cm³/mol. The molecular formula is C24H27NO3. The third-order valence-electron chi connectivity index (χ3n) is 7.26. The SMILES string of the molecule is O=C(OCc1ccccc1)N1CC[C@@]23CCCC[C@@H]2[C@H]1Cc1ccc(O)cc13. The number of fused-ring (bicyclic) bond motifs is 1. The highest BCUT2D eigenvalue weighted by Crippen LogP contribution is 2.56. The highest BCUT2D eigenvalue weighted by Gasteiger charge is 2.55. The van der Waals surface area contributed by atoms with E-state index in [9.17, 15) is 9.90 Å². The molecule has 2 aromatic carbocycles. The van der Waals surface area contributed by atoms with E-state index in [0.29, 0.717) is 18.3 Å². The zero-order valence-corrected chi connectivity index (χ0v) is 16.1. The number of phenols is 1. The number of amides is 1. The number of carbonyl (C=O) groups is 1. The first-order valence-corrected chi connectivity index (χ1v) is 10.5. The van der Waals surface area contributed by atoms with Gasteiger partial charge in [-0.15, -0.1) is 0 Å². The topological polar surface area (TPSA) is 49.8 Å². The molecule has 28 heavy (non-hydrogen) atoms. The van der Waals surface area contributed by atoms with Crippen LogP contribution in [0.4, 0.5) is 4.79 Å². The quantitative estimate of drug-likeness (QED) is 0.819. The molecule has 0 aromatic heterocycles. The van der Waals surface area contributed by atoms with Gasteiger partial charge in [0.1, 0.15) is 12.4 Å². The Hall–Kier alpha value is -2.49. The van der Waals surface area contributed by atoms with E-state index < -0.39 is 0 Å². The maximum absolute atomic E-state index is 13.0. The molecule has 4 heteroatoms. The largest absolute Gasteiger partial charge is 0.508 e. The molecule has 146 valence electrons. The van der Waals surface area contributed by atoms with Crippen molar-refractivity contribution in [1.82, 2.24) is 4.90 Å². The van der Waals surface area contributed by atoms with E-state index in [0.717, 1.165) is 37.8 Å². The number of piperidine rings is 1. The van der Waals surface area contributed by atoms with Gasteiger partial charge in [-0.05, 0) is 60.4 Å². The average molecular weight is 377 g/mol. The van der Waals surface area contributed by atoms with Crippen LogP contribution in [0.3, 0.4) is 0 Å². The van der Waals surface area contributed by atoms with Crippen LogP contribution in [0.25, 0.3) is 0 Å². The number of benzene rings is 2. The van der Waals surface area contributed by atoms with Gasteiger partial charge in [-0.3, -0.25) is 0 Å². The summed E-state index contributed by atoms with van der Waals surface area (Å²) in [6.07, 6.45) is 6.42. The van der Waals surface area contributed by atoms with Crippen molar-refractivity contribution in [2.24, 2.45) is 5.92 Å². The summed E-state index contributed by atoms with van der Waals surface area (Å²) in [5.41, 5.74) is 3.77. The molecule has 1 amide bonds. The summed E-state index contributed by atoms with van der Waals surface area (Å²) in [7, 11) is 0. The molecule has 0 unspecified atom stereocenters. The van der Waals surface area contributed by atoms with Crippen LogP contribution in [0.1, 0.15) is 48.8 Å². The third kappa shape index (κ3) is 2.78. The summed E-state index contributed by atoms with van der Waals surface area (Å²) >= 11 is 0. The van der Waals surface area contributed by atoms with E-state index in [1.807, 2.05) is 41.3 Å². The summed E-state index contributed by atoms with van der Waals surface area (Å²) in [6.45, 7) is 1.06. The van der Waals surface area contributed by atoms with Gasteiger partial charge in [-0.2, -0.15) is 0 Å². The lowest BCUT2D eigenvalue weighted by molar-refractivity contribution is -0.0137. The lowest BCUT2D eigenvalue weighted by Gasteiger charge is -2.58. The van der Waals surface area contributed by atoms with Crippen molar-refractivity contribution in [2.45, 2.75) is 56.6 Å². The van der Waals surface area contributed by atoms with E-state index >= 15 is 0 Å². The summed E-state index contributed by atoms with van der Waals surface area (Å²) < 4.78 is 5.69. The molecule has 1 saturated carbocycles. The number of carbonyl (C=O) groups excluding carboxylic acids is 1. The van der Waals surface area contributed by atoms with Crippen LogP contribution < -0.4 is 0 Å². The van der Waals surface area contributed by atoms with Gasteiger partial charge < -0.3 is 14.7 Å². The van der Waals surface area contributed by atoms with Crippen molar-refractivity contribution >= 4 is 6.09 Å². The van der Waals surface area contributed by atoms with Gasteiger partial charge in [0, 0.05) is 18.0 Å². The zero-order valence-electron chi connectivity index (χ0n) is 16.1. The number of hydrogen-bond acceptors (Lipinski definition) is 3. The number of phenolic OH excluding ortho intramolecular Hbond substituents is 1. The van der Waals surface area contributed by atoms with Crippen molar-refractivity contribution in [3.63, 3.8) is 0 Å². The summed E-state index contributed by atoms with van der Waals surface area (Å²) in [5.74, 6) is 0.828. The lowest BCUT2D eigenvalue weighted by Crippen LogP contribution is -2.62. The maximum Gasteiger partial charge on any atom is 0.410 e. The second kappa shape index (κ2) is 6.84. The first-order chi connectivity index (χ1) is 13.7. The number of aromatic hydroxyl groups is 1. The van der Waals surface area contributed by atoms with E-state index in [2.05, 4.69) is 6.07 Å². The molecule has 0 spiro atoms. The number of likely N-dealkylation sites (tertiary alicyclic amines) is 1. The number of rotatable bonds is 2. The molecule has 3 aliphatic rings. The van der Waals surface area contributed by atoms with Gasteiger partial charge >= 0.3 is 6.09 Å². The molecular weight excluding hydrogens is 350 g/mol. The Labute approximate surface area is 166 Å². The Kier molecular flexibility index (Phi) is 4.30. The third-order valence-corrected chi connectivity index (χ3v) is 7.26. The highest BCUT2D eigenvalue weighted by molar-refractivity contribution is 5.69. The second-order valence-corrected chi connectivity index (χ2v) is 8.60. The molecule has 2 bridgehead atoms. The molecule has 1 N–H and O–H groups in total.